The monoisotopic (exact) mass is 296 g/mol. The molecule has 0 aliphatic heterocycles. The largest absolute Gasteiger partial charge is 0.316 e. The van der Waals surface area contributed by atoms with E-state index in [1.807, 2.05) is 36.4 Å². The van der Waals surface area contributed by atoms with Gasteiger partial charge in [-0.2, -0.15) is 0 Å². The van der Waals surface area contributed by atoms with Crippen molar-refractivity contribution >= 4 is 21.8 Å². The fourth-order valence-corrected chi connectivity index (χ4v) is 2.93. The maximum absolute atomic E-state index is 12.2. The highest BCUT2D eigenvalue weighted by Crippen LogP contribution is 2.22. The number of hydrogen-bond acceptors (Lipinski definition) is 2. The molecule has 0 amide bonds. The number of nitrogens with zero attached hydrogens (tertiary/aromatic N) is 1. The van der Waals surface area contributed by atoms with Crippen molar-refractivity contribution in [3.63, 3.8) is 0 Å². The van der Waals surface area contributed by atoms with Crippen LogP contribution in [-0.4, -0.2) is 9.55 Å². The van der Waals surface area contributed by atoms with Crippen molar-refractivity contribution in [2.24, 2.45) is 0 Å². The minimum atomic E-state index is -0.542. The lowest BCUT2D eigenvalue weighted by atomic mass is 10.1. The van der Waals surface area contributed by atoms with E-state index in [1.54, 1.807) is 4.57 Å². The average Bonchev–Trinajstić information content (AvgIpc) is 2.54. The van der Waals surface area contributed by atoms with Gasteiger partial charge in [-0.1, -0.05) is 56.5 Å². The first kappa shape index (κ1) is 14.6. The molecular formula is C18H20N2O2. The van der Waals surface area contributed by atoms with Crippen LogP contribution in [0.25, 0.3) is 21.8 Å². The maximum atomic E-state index is 12.2. The summed E-state index contributed by atoms with van der Waals surface area (Å²) in [5, 5.41) is 2.03. The second-order valence-electron chi connectivity index (χ2n) is 5.65. The summed E-state index contributed by atoms with van der Waals surface area (Å²) in [5.74, 6) is 0. The van der Waals surface area contributed by atoms with E-state index >= 15 is 0 Å². The molecule has 22 heavy (non-hydrogen) atoms. The molecule has 0 aliphatic carbocycles. The van der Waals surface area contributed by atoms with E-state index in [2.05, 4.69) is 11.9 Å². The number of hydrogen-bond donors (Lipinski definition) is 1. The third-order valence-corrected chi connectivity index (χ3v) is 4.11. The van der Waals surface area contributed by atoms with Gasteiger partial charge in [0, 0.05) is 11.9 Å². The summed E-state index contributed by atoms with van der Waals surface area (Å²) in [6.45, 7) is 2.75. The predicted octanol–water partition coefficient (Wildman–Crippen LogP) is 3.42. The van der Waals surface area contributed by atoms with Crippen LogP contribution in [0.4, 0.5) is 0 Å². The first-order valence-corrected chi connectivity index (χ1v) is 7.87. The molecule has 0 spiro atoms. The minimum absolute atomic E-state index is 0.459. The third kappa shape index (κ3) is 2.56. The third-order valence-electron chi connectivity index (χ3n) is 4.11. The fourth-order valence-electron chi connectivity index (χ4n) is 2.93. The van der Waals surface area contributed by atoms with Gasteiger partial charge in [0.2, 0.25) is 0 Å². The Morgan fingerprint density at radius 2 is 1.82 bits per heavy atom. The summed E-state index contributed by atoms with van der Waals surface area (Å²) in [7, 11) is 0. The molecule has 1 N–H and O–H groups in total. The quantitative estimate of drug-likeness (QED) is 0.445. The first-order valence-electron chi connectivity index (χ1n) is 7.87. The molecule has 4 heteroatoms. The van der Waals surface area contributed by atoms with Crippen molar-refractivity contribution in [2.75, 3.05) is 0 Å². The van der Waals surface area contributed by atoms with Crippen molar-refractivity contribution < 1.29 is 0 Å². The van der Waals surface area contributed by atoms with Gasteiger partial charge >= 0.3 is 11.1 Å². The molecule has 4 nitrogen and oxygen atoms in total. The van der Waals surface area contributed by atoms with Crippen LogP contribution < -0.4 is 11.1 Å². The fraction of sp³-hybridized carbons (Fsp3) is 0.333. The van der Waals surface area contributed by atoms with E-state index in [9.17, 15) is 9.59 Å². The minimum Gasteiger partial charge on any atom is -0.315 e. The molecular weight excluding hydrogens is 276 g/mol. The number of H-pyrrole nitrogens is 1. The highest BCUT2D eigenvalue weighted by Gasteiger charge is 2.09. The summed E-state index contributed by atoms with van der Waals surface area (Å²) in [6, 6.07) is 11.8. The summed E-state index contributed by atoms with van der Waals surface area (Å²) >= 11 is 0. The van der Waals surface area contributed by atoms with Crippen LogP contribution >= 0.6 is 0 Å². The number of fused-ring (bicyclic) bond motifs is 3. The number of rotatable bonds is 5. The van der Waals surface area contributed by atoms with Gasteiger partial charge in [0.1, 0.15) is 0 Å². The normalized spacial score (nSPS) is 11.3. The molecule has 0 atom stereocenters. The molecule has 114 valence electrons. The lowest BCUT2D eigenvalue weighted by Gasteiger charge is -2.11. The van der Waals surface area contributed by atoms with Gasteiger partial charge < -0.3 is 9.55 Å². The molecule has 0 unspecified atom stereocenters. The molecule has 0 bridgehead atoms. The molecule has 1 heterocycles. The summed E-state index contributed by atoms with van der Waals surface area (Å²) in [4.78, 5) is 27.0. The zero-order valence-electron chi connectivity index (χ0n) is 12.8. The second-order valence-corrected chi connectivity index (χ2v) is 5.65. The SMILES string of the molecule is CCCCCCn1c(=O)c(=O)[nH]c2c3ccccc3ccc21. The lowest BCUT2D eigenvalue weighted by molar-refractivity contribution is 0.579. The van der Waals surface area contributed by atoms with Gasteiger partial charge in [-0.15, -0.1) is 0 Å². The Hall–Kier alpha value is -2.36. The Balaban J connectivity index is 2.17. The van der Waals surface area contributed by atoms with Crippen LogP contribution in [0, 0.1) is 0 Å². The predicted molar refractivity (Wildman–Crippen MR) is 90.5 cm³/mol. The first-order chi connectivity index (χ1) is 10.7. The standard InChI is InChI=1S/C18H20N2O2/c1-2-3-4-7-12-20-15-11-10-13-8-5-6-9-14(13)16(15)19-17(21)18(20)22/h5-6,8-11H,2-4,7,12H2,1H3,(H,19,21). The number of nitrogens with one attached hydrogen (secondary N) is 1. The van der Waals surface area contributed by atoms with E-state index in [1.165, 1.54) is 0 Å². The van der Waals surface area contributed by atoms with Crippen LogP contribution in [-0.2, 0) is 6.54 Å². The number of benzene rings is 2. The smallest absolute Gasteiger partial charge is 0.315 e. The Bertz CT molecular complexity index is 922. The van der Waals surface area contributed by atoms with Crippen LogP contribution in [0.3, 0.4) is 0 Å². The van der Waals surface area contributed by atoms with Gasteiger partial charge in [-0.25, -0.2) is 0 Å². The number of aromatic amines is 1. The van der Waals surface area contributed by atoms with Crippen molar-refractivity contribution in [3.8, 4) is 0 Å². The Morgan fingerprint density at radius 3 is 2.64 bits per heavy atom. The molecule has 0 saturated heterocycles. The Kier molecular flexibility index (Phi) is 4.09. The lowest BCUT2D eigenvalue weighted by Crippen LogP contribution is -2.36. The van der Waals surface area contributed by atoms with E-state index in [0.717, 1.165) is 47.5 Å². The molecule has 1 aromatic heterocycles. The molecule has 0 fully saturated rings. The van der Waals surface area contributed by atoms with Gasteiger partial charge in [-0.3, -0.25) is 9.59 Å². The second kappa shape index (κ2) is 6.18. The van der Waals surface area contributed by atoms with Crippen LogP contribution in [0.1, 0.15) is 32.6 Å². The molecule has 3 rings (SSSR count). The van der Waals surface area contributed by atoms with Crippen molar-refractivity contribution in [1.82, 2.24) is 9.55 Å². The number of aromatic nitrogens is 2. The average molecular weight is 296 g/mol. The van der Waals surface area contributed by atoms with Crippen molar-refractivity contribution in [1.29, 1.82) is 0 Å². The molecule has 2 aromatic carbocycles. The summed E-state index contributed by atoms with van der Waals surface area (Å²) < 4.78 is 1.62. The molecule has 0 aliphatic rings. The zero-order chi connectivity index (χ0) is 15.5. The van der Waals surface area contributed by atoms with Crippen molar-refractivity contribution in [2.45, 2.75) is 39.2 Å². The molecule has 0 saturated carbocycles. The van der Waals surface area contributed by atoms with Crippen LogP contribution in [0.2, 0.25) is 0 Å². The van der Waals surface area contributed by atoms with Gasteiger partial charge in [0.05, 0.1) is 11.0 Å². The Labute approximate surface area is 128 Å². The molecule has 3 aromatic rings. The van der Waals surface area contributed by atoms with Gasteiger partial charge in [0.15, 0.2) is 0 Å². The van der Waals surface area contributed by atoms with Crippen molar-refractivity contribution in [3.05, 3.63) is 57.1 Å². The van der Waals surface area contributed by atoms with E-state index in [0.29, 0.717) is 6.54 Å². The van der Waals surface area contributed by atoms with E-state index in [4.69, 9.17) is 0 Å². The number of unbranched alkanes of at least 4 members (excludes halogenated alkanes) is 3. The van der Waals surface area contributed by atoms with Gasteiger partial charge in [-0.05, 0) is 17.9 Å². The van der Waals surface area contributed by atoms with Crippen LogP contribution in [0.15, 0.2) is 46.0 Å². The van der Waals surface area contributed by atoms with Crippen LogP contribution in [0.5, 0.6) is 0 Å². The van der Waals surface area contributed by atoms with E-state index in [-0.39, 0.29) is 0 Å². The highest BCUT2D eigenvalue weighted by atomic mass is 16.2. The highest BCUT2D eigenvalue weighted by molar-refractivity contribution is 6.03. The van der Waals surface area contributed by atoms with Gasteiger partial charge in [0.25, 0.3) is 0 Å². The number of aryl methyl sites for hydroxylation is 1. The maximum Gasteiger partial charge on any atom is 0.316 e. The zero-order valence-corrected chi connectivity index (χ0v) is 12.8. The molecule has 0 radical (unpaired) electrons. The topological polar surface area (TPSA) is 54.9 Å². The summed E-state index contributed by atoms with van der Waals surface area (Å²) in [6.07, 6.45) is 4.29. The Morgan fingerprint density at radius 1 is 1.00 bits per heavy atom. The summed E-state index contributed by atoms with van der Waals surface area (Å²) in [5.41, 5.74) is 0.552. The van der Waals surface area contributed by atoms with E-state index < -0.39 is 11.1 Å².